The average molecular weight is 510 g/mol. The van der Waals surface area contributed by atoms with E-state index in [0.29, 0.717) is 5.92 Å². The smallest absolute Gasteiger partial charge is 0.0975 e. The van der Waals surface area contributed by atoms with Crippen LogP contribution in [0.2, 0.25) is 0 Å². The second-order valence-electron chi connectivity index (χ2n) is 14.1. The second-order valence-corrected chi connectivity index (χ2v) is 14.1. The summed E-state index contributed by atoms with van der Waals surface area (Å²) in [4.78, 5) is 6.88. The van der Waals surface area contributed by atoms with Crippen LogP contribution in [0.4, 0.5) is 0 Å². The third-order valence-electron chi connectivity index (χ3n) is 12.7. The van der Waals surface area contributed by atoms with Crippen LogP contribution in [0.1, 0.15) is 63.9 Å². The molecule has 2 spiro atoms. The van der Waals surface area contributed by atoms with Gasteiger partial charge >= 0.3 is 0 Å². The van der Waals surface area contributed by atoms with Crippen LogP contribution in [0.3, 0.4) is 0 Å². The molecule has 2 saturated heterocycles. The third-order valence-corrected chi connectivity index (χ3v) is 12.7. The Bertz CT molecular complexity index is 1430. The summed E-state index contributed by atoms with van der Waals surface area (Å²) in [5.74, 6) is 1.28. The van der Waals surface area contributed by atoms with Gasteiger partial charge in [-0.15, -0.1) is 0 Å². The molecule has 3 N–H and O–H groups in total. The monoisotopic (exact) mass is 509 g/mol. The fraction of sp³-hybridized carbons (Fsp3) is 0.606. The van der Waals surface area contributed by atoms with Crippen molar-refractivity contribution in [2.45, 2.75) is 93.1 Å². The topological polar surface area (TPSA) is 71.6 Å². The zero-order valence-electron chi connectivity index (χ0n) is 22.4. The maximum atomic E-state index is 11.2. The molecule has 3 aliphatic heterocycles. The minimum atomic E-state index is -0.326. The number of nitrogens with zero attached hydrogens (tertiary/aromatic N) is 2. The lowest BCUT2D eigenvalue weighted by Crippen LogP contribution is -2.59. The summed E-state index contributed by atoms with van der Waals surface area (Å²) in [6, 6.07) is 9.68. The molecule has 0 amide bonds. The predicted octanol–water partition coefficient (Wildman–Crippen LogP) is 4.63. The summed E-state index contributed by atoms with van der Waals surface area (Å²) in [5, 5.41) is 13.8. The molecule has 1 unspecified atom stereocenters. The van der Waals surface area contributed by atoms with Crippen molar-refractivity contribution < 1.29 is 9.84 Å². The van der Waals surface area contributed by atoms with Crippen molar-refractivity contribution in [3.05, 3.63) is 65.5 Å². The Hall–Kier alpha value is -2.05. The van der Waals surface area contributed by atoms with Crippen molar-refractivity contribution >= 4 is 10.8 Å². The minimum Gasteiger partial charge on any atom is -0.391 e. The van der Waals surface area contributed by atoms with Gasteiger partial charge in [-0.1, -0.05) is 31.2 Å². The van der Waals surface area contributed by atoms with Gasteiger partial charge in [0.15, 0.2) is 0 Å². The molecule has 2 aromatic rings. The molecule has 38 heavy (non-hydrogen) atoms. The van der Waals surface area contributed by atoms with Gasteiger partial charge < -0.3 is 15.6 Å². The molecule has 1 aromatic carbocycles. The van der Waals surface area contributed by atoms with E-state index in [2.05, 4.69) is 53.2 Å². The van der Waals surface area contributed by atoms with Crippen molar-refractivity contribution in [3.8, 4) is 0 Å². The normalized spacial score (nSPS) is 48.7. The van der Waals surface area contributed by atoms with E-state index in [0.717, 1.165) is 57.5 Å². The number of allylic oxidation sites excluding steroid dienone is 1. The number of aliphatic hydroxyl groups is 1. The summed E-state index contributed by atoms with van der Waals surface area (Å²) in [7, 11) is 0. The fourth-order valence-electron chi connectivity index (χ4n) is 10.8. The van der Waals surface area contributed by atoms with Gasteiger partial charge in [-0.2, -0.15) is 0 Å². The number of hydrogen-bond donors (Lipinski definition) is 2. The van der Waals surface area contributed by atoms with Gasteiger partial charge in [-0.3, -0.25) is 9.88 Å². The Morgan fingerprint density at radius 3 is 2.95 bits per heavy atom. The Kier molecular flexibility index (Phi) is 4.29. The van der Waals surface area contributed by atoms with E-state index >= 15 is 0 Å². The molecule has 4 aliphatic carbocycles. The number of pyridine rings is 1. The first-order valence-electron chi connectivity index (χ1n) is 15.0. The molecule has 2 bridgehead atoms. The van der Waals surface area contributed by atoms with E-state index in [-0.39, 0.29) is 40.2 Å². The molecule has 3 saturated carbocycles. The number of rotatable bonds is 2. The fourth-order valence-corrected chi connectivity index (χ4v) is 10.8. The lowest BCUT2D eigenvalue weighted by molar-refractivity contribution is -0.154. The van der Waals surface area contributed by atoms with Gasteiger partial charge in [-0.05, 0) is 103 Å². The van der Waals surface area contributed by atoms with Gasteiger partial charge in [0.2, 0.25) is 0 Å². The van der Waals surface area contributed by atoms with Gasteiger partial charge in [0.05, 0.1) is 17.3 Å². The highest BCUT2D eigenvalue weighted by Crippen LogP contribution is 2.80. The molecule has 4 heterocycles. The second kappa shape index (κ2) is 7.17. The molecule has 5 nitrogen and oxygen atoms in total. The Labute approximate surface area is 225 Å². The number of aromatic nitrogens is 1. The van der Waals surface area contributed by atoms with Crippen LogP contribution in [0, 0.1) is 17.3 Å². The average Bonchev–Trinajstić information content (AvgIpc) is 3.21. The van der Waals surface area contributed by atoms with Crippen LogP contribution in [0.15, 0.2) is 60.0 Å². The van der Waals surface area contributed by atoms with Crippen molar-refractivity contribution in [1.29, 1.82) is 0 Å². The first kappa shape index (κ1) is 22.7. The zero-order chi connectivity index (χ0) is 25.5. The molecule has 9 atom stereocenters. The van der Waals surface area contributed by atoms with Crippen LogP contribution in [0.25, 0.3) is 10.8 Å². The van der Waals surface area contributed by atoms with Crippen LogP contribution in [0.5, 0.6) is 0 Å². The number of benzene rings is 1. The van der Waals surface area contributed by atoms with Crippen molar-refractivity contribution in [1.82, 2.24) is 9.88 Å². The summed E-state index contributed by atoms with van der Waals surface area (Å²) < 4.78 is 7.53. The highest BCUT2D eigenvalue weighted by Gasteiger charge is 2.78. The molecule has 9 rings (SSSR count). The number of likely N-dealkylation sites (tertiary alicyclic amines) is 1. The van der Waals surface area contributed by atoms with Crippen LogP contribution >= 0.6 is 0 Å². The number of nitrogens with two attached hydrogens (primary N) is 1. The van der Waals surface area contributed by atoms with Gasteiger partial charge in [0.1, 0.15) is 0 Å². The van der Waals surface area contributed by atoms with Crippen molar-refractivity contribution in [3.63, 3.8) is 0 Å². The highest BCUT2D eigenvalue weighted by molar-refractivity contribution is 5.82. The Morgan fingerprint density at radius 1 is 1.16 bits per heavy atom. The summed E-state index contributed by atoms with van der Waals surface area (Å²) in [5.41, 5.74) is 10.7. The largest absolute Gasteiger partial charge is 0.391 e. The van der Waals surface area contributed by atoms with Gasteiger partial charge in [-0.25, -0.2) is 0 Å². The first-order chi connectivity index (χ1) is 18.4. The molecule has 7 aliphatic rings. The molecule has 198 valence electrons. The summed E-state index contributed by atoms with van der Waals surface area (Å²) >= 11 is 0. The standard InChI is InChI=1S/C33H39N3O2/c1-30-7-4-23-13-24-14-28(37)27(36-11-6-26(34)19-36)17-31(24)8-9-33(23,38-31)29(30)15-25-16-32(25,30)22-3-2-20-5-10-35-18-21(20)12-22/h2-5,10,12-13,18,25-29,37H,6-9,11,14-17,19,34H2,1H3/t25-,26+,27-,28-,29+,30-,31+,32-,33?/m0/s1. The summed E-state index contributed by atoms with van der Waals surface area (Å²) in [6.07, 6.45) is 17.2. The number of ether oxygens (including phenoxy) is 1. The van der Waals surface area contributed by atoms with E-state index in [9.17, 15) is 5.11 Å². The Morgan fingerprint density at radius 2 is 2.08 bits per heavy atom. The zero-order valence-corrected chi connectivity index (χ0v) is 22.4. The van der Waals surface area contributed by atoms with E-state index in [1.807, 2.05) is 12.4 Å². The minimum absolute atomic E-state index is 0.158. The number of aliphatic hydroxyl groups excluding tert-OH is 1. The molecular weight excluding hydrogens is 470 g/mol. The molecule has 5 heteroatoms. The molecular formula is C33H39N3O2. The quantitative estimate of drug-likeness (QED) is 0.618. The lowest BCUT2D eigenvalue weighted by Gasteiger charge is -2.56. The van der Waals surface area contributed by atoms with E-state index in [4.69, 9.17) is 10.5 Å². The molecule has 5 fully saturated rings. The van der Waals surface area contributed by atoms with E-state index in [1.54, 1.807) is 0 Å². The number of hydrogen-bond acceptors (Lipinski definition) is 5. The maximum Gasteiger partial charge on any atom is 0.0975 e. The summed E-state index contributed by atoms with van der Waals surface area (Å²) in [6.45, 7) is 4.49. The number of fused-ring (bicyclic) bond motifs is 4. The van der Waals surface area contributed by atoms with Crippen molar-refractivity contribution in [2.75, 3.05) is 13.1 Å². The highest BCUT2D eigenvalue weighted by atomic mass is 16.5. The van der Waals surface area contributed by atoms with Crippen LogP contribution in [-0.2, 0) is 10.2 Å². The maximum absolute atomic E-state index is 11.2. The molecule has 0 radical (unpaired) electrons. The van der Waals surface area contributed by atoms with Gasteiger partial charge in [0, 0.05) is 48.4 Å². The van der Waals surface area contributed by atoms with Gasteiger partial charge in [0.25, 0.3) is 0 Å². The van der Waals surface area contributed by atoms with Crippen molar-refractivity contribution in [2.24, 2.45) is 23.0 Å². The van der Waals surface area contributed by atoms with Crippen LogP contribution < -0.4 is 5.73 Å². The lowest BCUT2D eigenvalue weighted by atomic mass is 9.55. The van der Waals surface area contributed by atoms with Crippen LogP contribution in [-0.4, -0.2) is 57.5 Å². The first-order valence-corrected chi connectivity index (χ1v) is 15.0. The predicted molar refractivity (Wildman–Crippen MR) is 148 cm³/mol. The molecule has 1 aromatic heterocycles. The van der Waals surface area contributed by atoms with E-state index in [1.165, 1.54) is 40.3 Å². The third kappa shape index (κ3) is 2.61. The Balaban J connectivity index is 1.10. The van der Waals surface area contributed by atoms with E-state index < -0.39 is 0 Å². The SMILES string of the molecule is C[C@]12CC=C3C=C4C[C@H](O)[C@@H](N5CC[C@@H](N)C5)C[C@]45CCC3(O5)[C@@H]1C[C@H]1C[C@]12c1ccc2ccncc2c1.